The van der Waals surface area contributed by atoms with Crippen molar-refractivity contribution in [1.82, 2.24) is 5.32 Å². The number of carbonyl (C=O) groups excluding carboxylic acids is 1. The number of hydrogen-bond acceptors (Lipinski definition) is 3. The first-order valence-corrected chi connectivity index (χ1v) is 6.61. The molecule has 0 bridgehead atoms. The molecule has 1 aromatic carbocycles. The Labute approximate surface area is 118 Å². The predicted octanol–water partition coefficient (Wildman–Crippen LogP) is 2.49. The molecule has 106 valence electrons. The van der Waals surface area contributed by atoms with Crippen LogP contribution in [0.3, 0.4) is 0 Å². The predicted molar refractivity (Wildman–Crippen MR) is 75.8 cm³/mol. The minimum absolute atomic E-state index is 0.174. The summed E-state index contributed by atoms with van der Waals surface area (Å²) >= 11 is 5.90. The monoisotopic (exact) mass is 285 g/mol. The first-order valence-electron chi connectivity index (χ1n) is 6.23. The smallest absolute Gasteiger partial charge is 0.251 e. The van der Waals surface area contributed by atoms with E-state index in [-0.39, 0.29) is 17.9 Å². The number of amides is 1. The van der Waals surface area contributed by atoms with Gasteiger partial charge in [-0.2, -0.15) is 0 Å². The Balaban J connectivity index is 2.58. The van der Waals surface area contributed by atoms with Gasteiger partial charge in [0.2, 0.25) is 0 Å². The molecule has 0 spiro atoms. The molecule has 2 unspecified atom stereocenters. The van der Waals surface area contributed by atoms with Crippen molar-refractivity contribution in [2.75, 3.05) is 13.7 Å². The second-order valence-corrected chi connectivity index (χ2v) is 5.16. The van der Waals surface area contributed by atoms with Crippen LogP contribution in [-0.2, 0) is 0 Å². The number of ether oxygens (including phenoxy) is 1. The van der Waals surface area contributed by atoms with Crippen LogP contribution in [0.1, 0.15) is 30.6 Å². The number of rotatable bonds is 6. The van der Waals surface area contributed by atoms with E-state index >= 15 is 0 Å². The maximum atomic E-state index is 11.9. The zero-order valence-electron chi connectivity index (χ0n) is 11.4. The third kappa shape index (κ3) is 5.09. The highest BCUT2D eigenvalue weighted by Crippen LogP contribution is 2.24. The molecule has 1 rings (SSSR count). The van der Waals surface area contributed by atoms with Crippen LogP contribution in [-0.4, -0.2) is 30.8 Å². The van der Waals surface area contributed by atoms with Crippen LogP contribution in [0.15, 0.2) is 18.2 Å². The lowest BCUT2D eigenvalue weighted by Gasteiger charge is -2.14. The maximum Gasteiger partial charge on any atom is 0.251 e. The summed E-state index contributed by atoms with van der Waals surface area (Å²) in [5, 5.41) is 12.6. The average molecular weight is 286 g/mol. The van der Waals surface area contributed by atoms with Crippen molar-refractivity contribution in [1.29, 1.82) is 0 Å². The van der Waals surface area contributed by atoms with E-state index in [1.54, 1.807) is 25.1 Å². The minimum Gasteiger partial charge on any atom is -0.495 e. The molecule has 0 radical (unpaired) electrons. The first kappa shape index (κ1) is 15.8. The molecule has 0 aliphatic rings. The van der Waals surface area contributed by atoms with Crippen LogP contribution >= 0.6 is 11.6 Å². The van der Waals surface area contributed by atoms with Gasteiger partial charge in [-0.05, 0) is 37.5 Å². The van der Waals surface area contributed by atoms with Crippen LogP contribution in [0.2, 0.25) is 5.02 Å². The average Bonchev–Trinajstić information content (AvgIpc) is 2.35. The molecule has 0 saturated carbocycles. The summed E-state index contributed by atoms with van der Waals surface area (Å²) in [7, 11) is 1.51. The summed E-state index contributed by atoms with van der Waals surface area (Å²) in [5.41, 5.74) is 0.505. The lowest BCUT2D eigenvalue weighted by Crippen LogP contribution is -2.29. The Morgan fingerprint density at radius 2 is 2.16 bits per heavy atom. The van der Waals surface area contributed by atoms with E-state index in [1.165, 1.54) is 7.11 Å². The molecule has 5 heteroatoms. The van der Waals surface area contributed by atoms with Gasteiger partial charge in [-0.15, -0.1) is 0 Å². The second-order valence-electron chi connectivity index (χ2n) is 4.75. The highest BCUT2D eigenvalue weighted by atomic mass is 35.5. The van der Waals surface area contributed by atoms with Crippen LogP contribution in [0.4, 0.5) is 0 Å². The Morgan fingerprint density at radius 3 is 2.74 bits per heavy atom. The third-order valence-corrected chi connectivity index (χ3v) is 3.08. The molecule has 0 aromatic heterocycles. The van der Waals surface area contributed by atoms with Gasteiger partial charge in [0.25, 0.3) is 5.91 Å². The minimum atomic E-state index is -0.359. The summed E-state index contributed by atoms with van der Waals surface area (Å²) in [6.45, 7) is 4.24. The van der Waals surface area contributed by atoms with Gasteiger partial charge in [-0.3, -0.25) is 4.79 Å². The lowest BCUT2D eigenvalue weighted by molar-refractivity contribution is 0.0939. The topological polar surface area (TPSA) is 58.6 Å². The molecular weight excluding hydrogens is 266 g/mol. The van der Waals surface area contributed by atoms with Crippen molar-refractivity contribution in [2.24, 2.45) is 5.92 Å². The van der Waals surface area contributed by atoms with Gasteiger partial charge in [0.15, 0.2) is 0 Å². The van der Waals surface area contributed by atoms with Crippen LogP contribution in [0.25, 0.3) is 0 Å². The van der Waals surface area contributed by atoms with Gasteiger partial charge < -0.3 is 15.2 Å². The van der Waals surface area contributed by atoms with E-state index in [2.05, 4.69) is 5.32 Å². The van der Waals surface area contributed by atoms with Crippen LogP contribution in [0, 0.1) is 5.92 Å². The van der Waals surface area contributed by atoms with Crippen molar-refractivity contribution in [2.45, 2.75) is 26.4 Å². The van der Waals surface area contributed by atoms with Gasteiger partial charge in [-0.25, -0.2) is 0 Å². The summed E-state index contributed by atoms with van der Waals surface area (Å²) in [6, 6.07) is 4.89. The summed E-state index contributed by atoms with van der Waals surface area (Å²) in [6.07, 6.45) is 0.298. The molecular formula is C14H20ClNO3. The fraction of sp³-hybridized carbons (Fsp3) is 0.500. The van der Waals surface area contributed by atoms with Crippen molar-refractivity contribution >= 4 is 17.5 Å². The second kappa shape index (κ2) is 7.36. The first-order chi connectivity index (χ1) is 8.93. The van der Waals surface area contributed by atoms with Crippen molar-refractivity contribution in [3.8, 4) is 5.75 Å². The molecule has 4 nitrogen and oxygen atoms in total. The normalized spacial score (nSPS) is 13.7. The Kier molecular flexibility index (Phi) is 6.12. The van der Waals surface area contributed by atoms with E-state index in [4.69, 9.17) is 16.3 Å². The van der Waals surface area contributed by atoms with Gasteiger partial charge in [0.1, 0.15) is 5.75 Å². The van der Waals surface area contributed by atoms with E-state index in [9.17, 15) is 9.90 Å². The number of nitrogens with one attached hydrogen (secondary N) is 1. The fourth-order valence-electron chi connectivity index (χ4n) is 1.84. The van der Waals surface area contributed by atoms with E-state index in [0.29, 0.717) is 29.3 Å². The number of hydrogen-bond donors (Lipinski definition) is 2. The van der Waals surface area contributed by atoms with Crippen LogP contribution < -0.4 is 10.1 Å². The molecule has 1 amide bonds. The summed E-state index contributed by atoms with van der Waals surface area (Å²) in [4.78, 5) is 11.9. The Hall–Kier alpha value is -1.26. The number of aliphatic hydroxyl groups is 1. The van der Waals surface area contributed by atoms with Gasteiger partial charge in [0.05, 0.1) is 18.2 Å². The molecule has 0 fully saturated rings. The number of aliphatic hydroxyl groups excluding tert-OH is 1. The molecule has 2 N–H and O–H groups in total. The van der Waals surface area contributed by atoms with Crippen LogP contribution in [0.5, 0.6) is 5.75 Å². The molecule has 0 heterocycles. The molecule has 2 atom stereocenters. The molecule has 19 heavy (non-hydrogen) atoms. The van der Waals surface area contributed by atoms with E-state index in [0.717, 1.165) is 0 Å². The summed E-state index contributed by atoms with van der Waals surface area (Å²) in [5.74, 6) is 0.525. The SMILES string of the molecule is COc1cc(C(=O)NCC(C)CC(C)O)ccc1Cl. The van der Waals surface area contributed by atoms with Crippen molar-refractivity contribution in [3.05, 3.63) is 28.8 Å². The zero-order chi connectivity index (χ0) is 14.4. The Morgan fingerprint density at radius 1 is 1.47 bits per heavy atom. The van der Waals surface area contributed by atoms with E-state index in [1.807, 2.05) is 6.92 Å². The van der Waals surface area contributed by atoms with Crippen molar-refractivity contribution in [3.63, 3.8) is 0 Å². The molecule has 0 aliphatic carbocycles. The van der Waals surface area contributed by atoms with Gasteiger partial charge >= 0.3 is 0 Å². The quantitative estimate of drug-likeness (QED) is 0.844. The van der Waals surface area contributed by atoms with Crippen molar-refractivity contribution < 1.29 is 14.6 Å². The highest BCUT2D eigenvalue weighted by molar-refractivity contribution is 6.32. The fourth-order valence-corrected chi connectivity index (χ4v) is 2.03. The third-order valence-electron chi connectivity index (χ3n) is 2.77. The highest BCUT2D eigenvalue weighted by Gasteiger charge is 2.11. The van der Waals surface area contributed by atoms with Gasteiger partial charge in [0, 0.05) is 12.1 Å². The molecule has 1 aromatic rings. The standard InChI is InChI=1S/C14H20ClNO3/c1-9(6-10(2)17)8-16-14(18)11-4-5-12(15)13(7-11)19-3/h4-5,7,9-10,17H,6,8H2,1-3H3,(H,16,18). The molecule has 0 saturated heterocycles. The Bertz CT molecular complexity index is 435. The maximum absolute atomic E-state index is 11.9. The number of benzene rings is 1. The largest absolute Gasteiger partial charge is 0.495 e. The molecule has 0 aliphatic heterocycles. The van der Waals surface area contributed by atoms with Gasteiger partial charge in [-0.1, -0.05) is 18.5 Å². The van der Waals surface area contributed by atoms with E-state index < -0.39 is 0 Å². The number of methoxy groups -OCH3 is 1. The summed E-state index contributed by atoms with van der Waals surface area (Å²) < 4.78 is 5.07. The zero-order valence-corrected chi connectivity index (χ0v) is 12.2. The number of halogens is 1. The number of carbonyl (C=O) groups is 1. The lowest BCUT2D eigenvalue weighted by atomic mass is 10.0.